The van der Waals surface area contributed by atoms with Crippen molar-refractivity contribution >= 4 is 17.7 Å². The molecule has 0 saturated heterocycles. The summed E-state index contributed by atoms with van der Waals surface area (Å²) in [6, 6.07) is 3.43. The Hall–Kier alpha value is -2.44. The summed E-state index contributed by atoms with van der Waals surface area (Å²) in [4.78, 5) is 16.4. The van der Waals surface area contributed by atoms with Crippen molar-refractivity contribution in [1.82, 2.24) is 4.90 Å². The zero-order valence-corrected chi connectivity index (χ0v) is 9.51. The largest absolute Gasteiger partial charge is 0.504 e. The first-order valence-corrected chi connectivity index (χ1v) is 4.74. The summed E-state index contributed by atoms with van der Waals surface area (Å²) in [5.41, 5.74) is 5.79. The molecule has 0 aliphatic carbocycles. The topological polar surface area (TPSA) is 111 Å². The zero-order chi connectivity index (χ0) is 13.0. The van der Waals surface area contributed by atoms with Crippen LogP contribution in [0.2, 0.25) is 0 Å². The number of benzene rings is 1. The summed E-state index contributed by atoms with van der Waals surface area (Å²) in [7, 11) is 2.92. The zero-order valence-electron chi connectivity index (χ0n) is 9.51. The number of anilines is 1. The van der Waals surface area contributed by atoms with E-state index >= 15 is 0 Å². The molecule has 0 spiro atoms. The lowest BCUT2D eigenvalue weighted by molar-refractivity contribution is 0.239. The molecular formula is C10H14N4O3. The Morgan fingerprint density at radius 3 is 2.59 bits per heavy atom. The Labute approximate surface area is 98.2 Å². The molecule has 0 aliphatic rings. The number of nitrogens with zero attached hydrogens (tertiary/aromatic N) is 2. The Kier molecular flexibility index (Phi) is 3.76. The fourth-order valence-electron chi connectivity index (χ4n) is 1.06. The van der Waals surface area contributed by atoms with Crippen molar-refractivity contribution in [2.24, 2.45) is 10.7 Å². The molecule has 0 heterocycles. The van der Waals surface area contributed by atoms with Crippen molar-refractivity contribution in [2.45, 2.75) is 0 Å². The molecule has 1 rings (SSSR count). The molecule has 0 aliphatic heterocycles. The summed E-state index contributed by atoms with van der Waals surface area (Å²) in [6.07, 6.45) is 0. The molecule has 0 atom stereocenters. The number of hydrogen-bond acceptors (Lipinski definition) is 4. The molecule has 7 heteroatoms. The van der Waals surface area contributed by atoms with E-state index in [1.807, 2.05) is 0 Å². The number of hydrogen-bond donors (Lipinski definition) is 4. The molecule has 7 nitrogen and oxygen atoms in total. The molecule has 2 amide bonds. The Morgan fingerprint density at radius 1 is 1.41 bits per heavy atom. The highest BCUT2D eigenvalue weighted by atomic mass is 16.3. The van der Waals surface area contributed by atoms with Crippen LogP contribution in [0.3, 0.4) is 0 Å². The van der Waals surface area contributed by atoms with Gasteiger partial charge in [0.1, 0.15) is 0 Å². The van der Waals surface area contributed by atoms with Crippen LogP contribution in [0, 0.1) is 0 Å². The number of guanidine groups is 1. The minimum atomic E-state index is -0.502. The summed E-state index contributed by atoms with van der Waals surface area (Å²) in [6.45, 7) is 0. The Balaban J connectivity index is 2.78. The molecular weight excluding hydrogens is 224 g/mol. The first kappa shape index (κ1) is 12.6. The van der Waals surface area contributed by atoms with Crippen LogP contribution in [0.1, 0.15) is 0 Å². The summed E-state index contributed by atoms with van der Waals surface area (Å²) in [5.74, 6) is -0.515. The minimum absolute atomic E-state index is 0.0606. The van der Waals surface area contributed by atoms with Crippen LogP contribution in [0.15, 0.2) is 23.2 Å². The second-order valence-electron chi connectivity index (χ2n) is 3.27. The van der Waals surface area contributed by atoms with Gasteiger partial charge >= 0.3 is 6.03 Å². The molecule has 92 valence electrons. The standard InChI is InChI=1S/C10H14N4O3/c1-12-9(11)14(2)10(17)13-6-3-4-7(15)8(16)5-6/h3-5,15-16H,1-2H3,(H2,11,12)(H,13,17). The van der Waals surface area contributed by atoms with E-state index in [-0.39, 0.29) is 17.5 Å². The van der Waals surface area contributed by atoms with Crippen LogP contribution >= 0.6 is 0 Å². The number of nitrogens with one attached hydrogen (secondary N) is 1. The first-order chi connectivity index (χ1) is 7.95. The van der Waals surface area contributed by atoms with Gasteiger partial charge in [-0.25, -0.2) is 4.79 Å². The number of aromatic hydroxyl groups is 2. The maximum absolute atomic E-state index is 11.6. The monoisotopic (exact) mass is 238 g/mol. The van der Waals surface area contributed by atoms with Crippen LogP contribution in [0.4, 0.5) is 10.5 Å². The predicted octanol–water partition coefficient (Wildman–Crippen LogP) is 0.506. The molecule has 0 bridgehead atoms. The lowest BCUT2D eigenvalue weighted by Gasteiger charge is -2.16. The average Bonchev–Trinajstić information content (AvgIpc) is 2.31. The molecule has 0 radical (unpaired) electrons. The molecule has 0 unspecified atom stereocenters. The third kappa shape index (κ3) is 3.00. The summed E-state index contributed by atoms with van der Waals surface area (Å²) in [5, 5.41) is 20.8. The van der Waals surface area contributed by atoms with Crippen molar-refractivity contribution in [3.8, 4) is 11.5 Å². The van der Waals surface area contributed by atoms with E-state index in [4.69, 9.17) is 10.8 Å². The summed E-state index contributed by atoms with van der Waals surface area (Å²) >= 11 is 0. The van der Waals surface area contributed by atoms with Gasteiger partial charge < -0.3 is 21.3 Å². The number of urea groups is 1. The van der Waals surface area contributed by atoms with Crippen molar-refractivity contribution in [3.05, 3.63) is 18.2 Å². The van der Waals surface area contributed by atoms with Gasteiger partial charge in [0.25, 0.3) is 0 Å². The molecule has 0 saturated carbocycles. The normalized spacial score (nSPS) is 11.1. The molecule has 0 aromatic heterocycles. The predicted molar refractivity (Wildman–Crippen MR) is 64.1 cm³/mol. The van der Waals surface area contributed by atoms with Crippen LogP contribution in [-0.4, -0.2) is 41.2 Å². The van der Waals surface area contributed by atoms with Gasteiger partial charge in [-0.1, -0.05) is 0 Å². The number of rotatable bonds is 1. The molecule has 5 N–H and O–H groups in total. The third-order valence-electron chi connectivity index (χ3n) is 2.10. The number of carbonyl (C=O) groups excluding carboxylic acids is 1. The molecule has 17 heavy (non-hydrogen) atoms. The van der Waals surface area contributed by atoms with Gasteiger partial charge in [-0.05, 0) is 12.1 Å². The van der Waals surface area contributed by atoms with Crippen molar-refractivity contribution < 1.29 is 15.0 Å². The highest BCUT2D eigenvalue weighted by molar-refractivity contribution is 6.01. The van der Waals surface area contributed by atoms with Crippen LogP contribution in [0.25, 0.3) is 0 Å². The maximum Gasteiger partial charge on any atom is 0.328 e. The van der Waals surface area contributed by atoms with Crippen LogP contribution < -0.4 is 11.1 Å². The lowest BCUT2D eigenvalue weighted by Crippen LogP contribution is -2.41. The third-order valence-corrected chi connectivity index (χ3v) is 2.10. The number of phenolic OH excluding ortho intramolecular Hbond substituents is 2. The number of nitrogens with two attached hydrogens (primary N) is 1. The van der Waals surface area contributed by atoms with Gasteiger partial charge in [0.05, 0.1) is 0 Å². The number of phenols is 2. The van der Waals surface area contributed by atoms with Crippen molar-refractivity contribution in [1.29, 1.82) is 0 Å². The lowest BCUT2D eigenvalue weighted by atomic mass is 10.3. The van der Waals surface area contributed by atoms with Crippen molar-refractivity contribution in [3.63, 3.8) is 0 Å². The van der Waals surface area contributed by atoms with E-state index in [9.17, 15) is 9.90 Å². The second-order valence-corrected chi connectivity index (χ2v) is 3.27. The minimum Gasteiger partial charge on any atom is -0.504 e. The maximum atomic E-state index is 11.6. The fourth-order valence-corrected chi connectivity index (χ4v) is 1.06. The molecule has 1 aromatic rings. The van der Waals surface area contributed by atoms with Gasteiger partial charge in [0.15, 0.2) is 17.5 Å². The Morgan fingerprint density at radius 2 is 2.06 bits per heavy atom. The van der Waals surface area contributed by atoms with E-state index in [0.717, 1.165) is 4.90 Å². The van der Waals surface area contributed by atoms with Gasteiger partial charge in [-0.3, -0.25) is 9.89 Å². The smallest absolute Gasteiger partial charge is 0.328 e. The summed E-state index contributed by atoms with van der Waals surface area (Å²) < 4.78 is 0. The second kappa shape index (κ2) is 5.06. The molecule has 0 fully saturated rings. The van der Waals surface area contributed by atoms with E-state index < -0.39 is 6.03 Å². The molecule has 1 aromatic carbocycles. The Bertz CT molecular complexity index is 459. The number of amides is 2. The van der Waals surface area contributed by atoms with E-state index in [1.54, 1.807) is 0 Å². The van der Waals surface area contributed by atoms with Gasteiger partial charge in [0.2, 0.25) is 0 Å². The highest BCUT2D eigenvalue weighted by Crippen LogP contribution is 2.27. The fraction of sp³-hybridized carbons (Fsp3) is 0.200. The van der Waals surface area contributed by atoms with Crippen LogP contribution in [-0.2, 0) is 0 Å². The van der Waals surface area contributed by atoms with E-state index in [2.05, 4.69) is 10.3 Å². The number of aliphatic imine (C=N–C) groups is 1. The SMILES string of the molecule is CN=C(N)N(C)C(=O)Nc1ccc(O)c(O)c1. The highest BCUT2D eigenvalue weighted by Gasteiger charge is 2.12. The van der Waals surface area contributed by atoms with Gasteiger partial charge in [0, 0.05) is 25.8 Å². The quantitative estimate of drug-likeness (QED) is 0.247. The van der Waals surface area contributed by atoms with Crippen molar-refractivity contribution in [2.75, 3.05) is 19.4 Å². The van der Waals surface area contributed by atoms with E-state index in [1.165, 1.54) is 32.3 Å². The van der Waals surface area contributed by atoms with Crippen LogP contribution in [0.5, 0.6) is 11.5 Å². The van der Waals surface area contributed by atoms with E-state index in [0.29, 0.717) is 5.69 Å². The van der Waals surface area contributed by atoms with Gasteiger partial charge in [-0.15, -0.1) is 0 Å². The van der Waals surface area contributed by atoms with Gasteiger partial charge in [-0.2, -0.15) is 0 Å². The number of carbonyl (C=O) groups is 1. The average molecular weight is 238 g/mol. The first-order valence-electron chi connectivity index (χ1n) is 4.74.